The quantitative estimate of drug-likeness (QED) is 0.850. The van der Waals surface area contributed by atoms with Gasteiger partial charge < -0.3 is 11.1 Å². The van der Waals surface area contributed by atoms with Crippen LogP contribution in [0.4, 0.5) is 0 Å². The number of nitrogens with one attached hydrogen (secondary N) is 1. The molecule has 1 atom stereocenters. The fourth-order valence-electron chi connectivity index (χ4n) is 1.83. The van der Waals surface area contributed by atoms with Crippen molar-refractivity contribution in [3.63, 3.8) is 0 Å². The lowest BCUT2D eigenvalue weighted by atomic mass is 10.1. The summed E-state index contributed by atoms with van der Waals surface area (Å²) in [6.07, 6.45) is 3.72. The Bertz CT molecular complexity index is 556. The van der Waals surface area contributed by atoms with Crippen molar-refractivity contribution >= 4 is 18.3 Å². The van der Waals surface area contributed by atoms with Crippen LogP contribution in [-0.4, -0.2) is 22.2 Å². The third-order valence-corrected chi connectivity index (χ3v) is 3.14. The number of carbonyl (C=O) groups is 1. The number of nitrogens with zero attached hydrogens (tertiary/aromatic N) is 2. The van der Waals surface area contributed by atoms with Gasteiger partial charge in [0, 0.05) is 30.8 Å². The van der Waals surface area contributed by atoms with Gasteiger partial charge in [0.2, 0.25) is 5.91 Å². The molecule has 0 saturated heterocycles. The maximum Gasteiger partial charge on any atom is 0.224 e. The van der Waals surface area contributed by atoms with E-state index in [1.807, 2.05) is 36.0 Å². The van der Waals surface area contributed by atoms with Gasteiger partial charge in [-0.05, 0) is 5.56 Å². The lowest BCUT2D eigenvalue weighted by Gasteiger charge is -2.08. The molecule has 2 aromatic rings. The Morgan fingerprint density at radius 1 is 1.33 bits per heavy atom. The highest BCUT2D eigenvalue weighted by Crippen LogP contribution is 2.04. The van der Waals surface area contributed by atoms with E-state index in [-0.39, 0.29) is 24.2 Å². The molecule has 0 aliphatic heterocycles. The van der Waals surface area contributed by atoms with Crippen LogP contribution in [0.5, 0.6) is 0 Å². The van der Waals surface area contributed by atoms with Gasteiger partial charge in [0.15, 0.2) is 0 Å². The van der Waals surface area contributed by atoms with E-state index in [0.717, 1.165) is 12.1 Å². The molecule has 0 aliphatic rings. The Morgan fingerprint density at radius 3 is 2.71 bits per heavy atom. The number of benzene rings is 1. The SMILES string of the molecule is CC(CN)C(=O)NCc1cnn(Cc2ccccc2)c1.Cl. The van der Waals surface area contributed by atoms with Crippen molar-refractivity contribution in [1.82, 2.24) is 15.1 Å². The van der Waals surface area contributed by atoms with Crippen LogP contribution in [-0.2, 0) is 17.9 Å². The fourth-order valence-corrected chi connectivity index (χ4v) is 1.83. The zero-order valence-corrected chi connectivity index (χ0v) is 12.8. The second kappa shape index (κ2) is 8.44. The van der Waals surface area contributed by atoms with Crippen LogP contribution >= 0.6 is 12.4 Å². The number of nitrogens with two attached hydrogens (primary N) is 1. The minimum atomic E-state index is -0.158. The van der Waals surface area contributed by atoms with Crippen molar-refractivity contribution in [2.75, 3.05) is 6.54 Å². The molecular weight excluding hydrogens is 288 g/mol. The summed E-state index contributed by atoms with van der Waals surface area (Å²) in [6, 6.07) is 10.1. The van der Waals surface area contributed by atoms with Crippen LogP contribution in [0.3, 0.4) is 0 Å². The number of carbonyl (C=O) groups excluding carboxylic acids is 1. The molecule has 0 bridgehead atoms. The Hall–Kier alpha value is -1.85. The van der Waals surface area contributed by atoms with Crippen LogP contribution in [0.2, 0.25) is 0 Å². The van der Waals surface area contributed by atoms with Crippen LogP contribution < -0.4 is 11.1 Å². The van der Waals surface area contributed by atoms with E-state index >= 15 is 0 Å². The molecule has 3 N–H and O–H groups in total. The van der Waals surface area contributed by atoms with E-state index in [1.54, 1.807) is 6.20 Å². The predicted octanol–water partition coefficient (Wildman–Crippen LogP) is 1.56. The summed E-state index contributed by atoms with van der Waals surface area (Å²) in [5, 5.41) is 7.15. The zero-order valence-electron chi connectivity index (χ0n) is 12.0. The molecule has 6 heteroatoms. The van der Waals surface area contributed by atoms with E-state index < -0.39 is 0 Å². The van der Waals surface area contributed by atoms with Gasteiger partial charge in [0.1, 0.15) is 0 Å². The van der Waals surface area contributed by atoms with Crippen molar-refractivity contribution in [3.8, 4) is 0 Å². The lowest BCUT2D eigenvalue weighted by molar-refractivity contribution is -0.124. The molecule has 0 saturated carbocycles. The summed E-state index contributed by atoms with van der Waals surface area (Å²) in [5.41, 5.74) is 7.64. The number of hydrogen-bond donors (Lipinski definition) is 2. The lowest BCUT2D eigenvalue weighted by Crippen LogP contribution is -2.32. The van der Waals surface area contributed by atoms with Gasteiger partial charge in [-0.15, -0.1) is 12.4 Å². The zero-order chi connectivity index (χ0) is 14.4. The summed E-state index contributed by atoms with van der Waals surface area (Å²) in [6.45, 7) is 3.39. The van der Waals surface area contributed by atoms with Gasteiger partial charge in [-0.1, -0.05) is 37.3 Å². The largest absolute Gasteiger partial charge is 0.352 e. The predicted molar refractivity (Wildman–Crippen MR) is 85.1 cm³/mol. The highest BCUT2D eigenvalue weighted by molar-refractivity contribution is 5.85. The molecule has 1 unspecified atom stereocenters. The first-order chi connectivity index (χ1) is 9.69. The number of amides is 1. The average Bonchev–Trinajstić information content (AvgIpc) is 2.92. The first-order valence-corrected chi connectivity index (χ1v) is 6.72. The highest BCUT2D eigenvalue weighted by atomic mass is 35.5. The molecule has 0 spiro atoms. The summed E-state index contributed by atoms with van der Waals surface area (Å²) >= 11 is 0. The second-order valence-corrected chi connectivity index (χ2v) is 4.89. The summed E-state index contributed by atoms with van der Waals surface area (Å²) < 4.78 is 1.86. The molecule has 0 fully saturated rings. The van der Waals surface area contributed by atoms with Crippen molar-refractivity contribution < 1.29 is 4.79 Å². The fraction of sp³-hybridized carbons (Fsp3) is 0.333. The standard InChI is InChI=1S/C15H20N4O.ClH/c1-12(7-16)15(20)17-8-14-9-18-19(11-14)10-13-5-3-2-4-6-13;/h2-6,9,11-12H,7-8,10,16H2,1H3,(H,17,20);1H. The molecule has 1 aromatic carbocycles. The maximum absolute atomic E-state index is 11.6. The minimum Gasteiger partial charge on any atom is -0.352 e. The van der Waals surface area contributed by atoms with Gasteiger partial charge in [-0.2, -0.15) is 5.10 Å². The molecule has 5 nitrogen and oxygen atoms in total. The van der Waals surface area contributed by atoms with E-state index in [1.165, 1.54) is 5.56 Å². The number of aromatic nitrogens is 2. The smallest absolute Gasteiger partial charge is 0.224 e. The van der Waals surface area contributed by atoms with Gasteiger partial charge in [0.25, 0.3) is 0 Å². The molecule has 1 aromatic heterocycles. The average molecular weight is 309 g/mol. The van der Waals surface area contributed by atoms with Gasteiger partial charge in [-0.25, -0.2) is 0 Å². The van der Waals surface area contributed by atoms with Crippen molar-refractivity contribution in [3.05, 3.63) is 53.9 Å². The molecule has 1 heterocycles. The van der Waals surface area contributed by atoms with Crippen LogP contribution in [0.15, 0.2) is 42.7 Å². The molecule has 0 radical (unpaired) electrons. The Balaban J connectivity index is 0.00000220. The second-order valence-electron chi connectivity index (χ2n) is 4.89. The number of halogens is 1. The van der Waals surface area contributed by atoms with E-state index in [4.69, 9.17) is 5.73 Å². The topological polar surface area (TPSA) is 72.9 Å². The van der Waals surface area contributed by atoms with Crippen LogP contribution in [0.25, 0.3) is 0 Å². The normalized spacial score (nSPS) is 11.5. The van der Waals surface area contributed by atoms with Crippen molar-refractivity contribution in [2.45, 2.75) is 20.0 Å². The highest BCUT2D eigenvalue weighted by Gasteiger charge is 2.10. The molecule has 0 aliphatic carbocycles. The molecule has 1 amide bonds. The van der Waals surface area contributed by atoms with Gasteiger partial charge in [-0.3, -0.25) is 9.48 Å². The third kappa shape index (κ3) is 5.21. The number of hydrogen-bond acceptors (Lipinski definition) is 3. The summed E-state index contributed by atoms with van der Waals surface area (Å²) in [4.78, 5) is 11.6. The Labute approximate surface area is 130 Å². The maximum atomic E-state index is 11.6. The van der Waals surface area contributed by atoms with Crippen LogP contribution in [0, 0.1) is 5.92 Å². The first-order valence-electron chi connectivity index (χ1n) is 6.72. The van der Waals surface area contributed by atoms with Crippen LogP contribution in [0.1, 0.15) is 18.1 Å². The van der Waals surface area contributed by atoms with E-state index in [9.17, 15) is 4.79 Å². The molecular formula is C15H21ClN4O. The van der Waals surface area contributed by atoms with Gasteiger partial charge in [0.05, 0.1) is 12.7 Å². The molecule has 21 heavy (non-hydrogen) atoms. The van der Waals surface area contributed by atoms with Crippen molar-refractivity contribution in [2.24, 2.45) is 11.7 Å². The molecule has 114 valence electrons. The summed E-state index contributed by atoms with van der Waals surface area (Å²) in [5.74, 6) is -0.183. The van der Waals surface area contributed by atoms with E-state index in [2.05, 4.69) is 22.5 Å². The summed E-state index contributed by atoms with van der Waals surface area (Å²) in [7, 11) is 0. The Kier molecular flexibility index (Phi) is 6.91. The minimum absolute atomic E-state index is 0. The van der Waals surface area contributed by atoms with Gasteiger partial charge >= 0.3 is 0 Å². The van der Waals surface area contributed by atoms with Crippen molar-refractivity contribution in [1.29, 1.82) is 0 Å². The number of rotatable bonds is 6. The first kappa shape index (κ1) is 17.2. The molecule has 2 rings (SSSR count). The Morgan fingerprint density at radius 2 is 2.05 bits per heavy atom. The third-order valence-electron chi connectivity index (χ3n) is 3.14. The van der Waals surface area contributed by atoms with E-state index in [0.29, 0.717) is 13.1 Å². The monoisotopic (exact) mass is 308 g/mol.